The summed E-state index contributed by atoms with van der Waals surface area (Å²) in [6.45, 7) is 1.97. The largest absolute Gasteiger partial charge is 1.00 e. The van der Waals surface area contributed by atoms with Crippen LogP contribution >= 0.6 is 0 Å². The van der Waals surface area contributed by atoms with Crippen molar-refractivity contribution in [2.24, 2.45) is 5.92 Å². The Kier molecular flexibility index (Phi) is 9.27. The van der Waals surface area contributed by atoms with Crippen molar-refractivity contribution in [3.8, 4) is 0 Å². The number of carboxylic acid groups (broad SMARTS) is 1. The van der Waals surface area contributed by atoms with Gasteiger partial charge in [0.1, 0.15) is 5.92 Å². The molecule has 6 heteroatoms. The number of carboxylic acids is 1. The van der Waals surface area contributed by atoms with Gasteiger partial charge in [-0.2, -0.15) is 0 Å². The number of hydrogen-bond donors (Lipinski definition) is 2. The molecule has 2 aromatic rings. The minimum Gasteiger partial charge on any atom is -0.481 e. The van der Waals surface area contributed by atoms with Crippen molar-refractivity contribution < 1.29 is 44.3 Å². The zero-order valence-electron chi connectivity index (χ0n) is 14.7. The van der Waals surface area contributed by atoms with E-state index >= 15 is 0 Å². The van der Waals surface area contributed by atoms with Crippen LogP contribution in [-0.2, 0) is 9.59 Å². The first kappa shape index (κ1) is 21.2. The fraction of sp³-hybridized carbons (Fsp3) is 0.263. The van der Waals surface area contributed by atoms with Gasteiger partial charge >= 0.3 is 35.5 Å². The van der Waals surface area contributed by atoms with Crippen LogP contribution in [0, 0.1) is 5.92 Å². The number of unbranched alkanes of at least 4 members (excludes halogenated alkanes) is 1. The molecule has 0 radical (unpaired) electrons. The maximum absolute atomic E-state index is 12.9. The zero-order valence-corrected chi connectivity index (χ0v) is 16.7. The van der Waals surface area contributed by atoms with Gasteiger partial charge in [0.05, 0.1) is 11.4 Å². The molecule has 5 nitrogen and oxygen atoms in total. The van der Waals surface area contributed by atoms with Crippen LogP contribution in [0.25, 0.3) is 0 Å². The number of nitrogens with zero attached hydrogens (tertiary/aromatic N) is 1. The van der Waals surface area contributed by atoms with Crippen LogP contribution in [-0.4, -0.2) is 17.0 Å². The quantitative estimate of drug-likeness (QED) is 0.423. The molecule has 0 aliphatic carbocycles. The first-order valence-corrected chi connectivity index (χ1v) is 8.07. The molecule has 2 N–H and O–H groups in total. The molecule has 0 saturated carbocycles. The Morgan fingerprint density at radius 2 is 1.60 bits per heavy atom. The summed E-state index contributed by atoms with van der Waals surface area (Å²) < 4.78 is 0. The molecule has 0 aliphatic rings. The topological polar surface area (TPSA) is 69.6 Å². The van der Waals surface area contributed by atoms with Gasteiger partial charge in [0.25, 0.3) is 5.91 Å². The number of carbonyl (C=O) groups is 2. The van der Waals surface area contributed by atoms with E-state index in [4.69, 9.17) is 0 Å². The summed E-state index contributed by atoms with van der Waals surface area (Å²) in [5.41, 5.74) is 4.35. The maximum atomic E-state index is 12.9. The number of nitrogens with one attached hydrogen (secondary N) is 1. The molecule has 25 heavy (non-hydrogen) atoms. The Labute approximate surface area is 170 Å². The van der Waals surface area contributed by atoms with Gasteiger partial charge in [0.15, 0.2) is 0 Å². The van der Waals surface area contributed by atoms with Gasteiger partial charge in [0.2, 0.25) is 0 Å². The third-order valence-corrected chi connectivity index (χ3v) is 3.69. The SMILES string of the molecule is CCCCC(C(=O)O)C(=O)N(Nc1ccccc1)c1ccccc1.[Na+]. The van der Waals surface area contributed by atoms with Crippen molar-refractivity contribution in [1.29, 1.82) is 0 Å². The van der Waals surface area contributed by atoms with E-state index in [0.717, 1.165) is 6.42 Å². The Morgan fingerprint density at radius 1 is 1.04 bits per heavy atom. The van der Waals surface area contributed by atoms with Crippen molar-refractivity contribution in [3.63, 3.8) is 0 Å². The van der Waals surface area contributed by atoms with Crippen molar-refractivity contribution in [2.75, 3.05) is 10.4 Å². The second-order valence-electron chi connectivity index (χ2n) is 5.52. The Bertz CT molecular complexity index is 665. The number of hydrogen-bond acceptors (Lipinski definition) is 3. The molecule has 1 atom stereocenters. The third-order valence-electron chi connectivity index (χ3n) is 3.69. The number of carbonyl (C=O) groups excluding carboxylic acids is 1. The molecule has 0 spiro atoms. The number of aliphatic carboxylic acids is 1. The van der Waals surface area contributed by atoms with E-state index < -0.39 is 17.8 Å². The number of benzene rings is 2. The number of rotatable bonds is 8. The number of para-hydroxylation sites is 2. The first-order valence-electron chi connectivity index (χ1n) is 8.07. The van der Waals surface area contributed by atoms with Crippen LogP contribution < -0.4 is 40.0 Å². The van der Waals surface area contributed by atoms with E-state index in [0.29, 0.717) is 24.2 Å². The van der Waals surface area contributed by atoms with Crippen LogP contribution in [0.5, 0.6) is 0 Å². The van der Waals surface area contributed by atoms with Crippen molar-refractivity contribution in [3.05, 3.63) is 60.7 Å². The summed E-state index contributed by atoms with van der Waals surface area (Å²) in [5.74, 6) is -2.63. The molecule has 0 saturated heterocycles. The number of amides is 1. The van der Waals surface area contributed by atoms with Gasteiger partial charge in [-0.1, -0.05) is 56.2 Å². The molecule has 0 fully saturated rings. The van der Waals surface area contributed by atoms with E-state index in [2.05, 4.69) is 5.43 Å². The van der Waals surface area contributed by atoms with E-state index in [9.17, 15) is 14.7 Å². The van der Waals surface area contributed by atoms with Crippen molar-refractivity contribution >= 4 is 23.3 Å². The Hall–Kier alpha value is -1.82. The van der Waals surface area contributed by atoms with E-state index in [-0.39, 0.29) is 29.6 Å². The first-order chi connectivity index (χ1) is 11.6. The summed E-state index contributed by atoms with van der Waals surface area (Å²) in [6, 6.07) is 18.2. The summed E-state index contributed by atoms with van der Waals surface area (Å²) in [4.78, 5) is 24.4. The Balaban J connectivity index is 0.00000312. The fourth-order valence-corrected chi connectivity index (χ4v) is 2.38. The van der Waals surface area contributed by atoms with Crippen LogP contribution in [0.1, 0.15) is 26.2 Å². The molecule has 1 unspecified atom stereocenters. The van der Waals surface area contributed by atoms with Crippen LogP contribution in [0.2, 0.25) is 0 Å². The van der Waals surface area contributed by atoms with Gasteiger partial charge in [-0.3, -0.25) is 15.0 Å². The minimum atomic E-state index is -1.09. The molecule has 0 heterocycles. The summed E-state index contributed by atoms with van der Waals surface area (Å²) in [6.07, 6.45) is 1.86. The molecular weight excluding hydrogens is 327 g/mol. The molecule has 2 rings (SSSR count). The zero-order chi connectivity index (χ0) is 17.4. The summed E-state index contributed by atoms with van der Waals surface area (Å²) >= 11 is 0. The molecule has 0 aliphatic heterocycles. The van der Waals surface area contributed by atoms with Crippen LogP contribution in [0.15, 0.2) is 60.7 Å². The van der Waals surface area contributed by atoms with E-state index in [1.54, 1.807) is 12.1 Å². The average molecular weight is 349 g/mol. The second kappa shape index (κ2) is 10.9. The molecule has 1 amide bonds. The van der Waals surface area contributed by atoms with Gasteiger partial charge < -0.3 is 5.11 Å². The van der Waals surface area contributed by atoms with Gasteiger partial charge in [-0.25, -0.2) is 5.01 Å². The molecule has 2 aromatic carbocycles. The standard InChI is InChI=1S/C19H22N2O3.Na/c1-2-3-14-17(19(23)24)18(22)21(16-12-8-5-9-13-16)20-15-10-6-4-7-11-15;/h4-13,17,20H,2-3,14H2,1H3,(H,23,24);/q;+1. The number of hydrazine groups is 1. The second-order valence-corrected chi connectivity index (χ2v) is 5.52. The molecule has 0 bridgehead atoms. The molecule has 126 valence electrons. The van der Waals surface area contributed by atoms with Gasteiger partial charge in [0, 0.05) is 0 Å². The minimum absolute atomic E-state index is 0. The van der Waals surface area contributed by atoms with E-state index in [1.165, 1.54) is 5.01 Å². The molecular formula is C19H22N2NaO3+. The summed E-state index contributed by atoms with van der Waals surface area (Å²) in [7, 11) is 0. The van der Waals surface area contributed by atoms with Gasteiger partial charge in [-0.05, 0) is 30.7 Å². The average Bonchev–Trinajstić information content (AvgIpc) is 2.61. The maximum Gasteiger partial charge on any atom is 1.00 e. The summed E-state index contributed by atoms with van der Waals surface area (Å²) in [5, 5.41) is 10.8. The van der Waals surface area contributed by atoms with Crippen LogP contribution in [0.4, 0.5) is 11.4 Å². The fourth-order valence-electron chi connectivity index (χ4n) is 2.38. The molecule has 0 aromatic heterocycles. The number of anilines is 2. The van der Waals surface area contributed by atoms with Gasteiger partial charge in [-0.15, -0.1) is 0 Å². The van der Waals surface area contributed by atoms with Crippen LogP contribution in [0.3, 0.4) is 0 Å². The normalized spacial score (nSPS) is 11.1. The Morgan fingerprint density at radius 3 is 2.12 bits per heavy atom. The van der Waals surface area contributed by atoms with E-state index in [1.807, 2.05) is 55.5 Å². The third kappa shape index (κ3) is 6.20. The van der Waals surface area contributed by atoms with Crippen molar-refractivity contribution in [1.82, 2.24) is 0 Å². The predicted octanol–water partition coefficient (Wildman–Crippen LogP) is 0.942. The monoisotopic (exact) mass is 349 g/mol. The van der Waals surface area contributed by atoms with Crippen molar-refractivity contribution in [2.45, 2.75) is 26.2 Å². The smallest absolute Gasteiger partial charge is 0.481 e. The predicted molar refractivity (Wildman–Crippen MR) is 94.6 cm³/mol.